The number of para-hydroxylation sites is 1. The summed E-state index contributed by atoms with van der Waals surface area (Å²) >= 11 is 1.49. The molecule has 0 aliphatic carbocycles. The highest BCUT2D eigenvalue weighted by molar-refractivity contribution is 8.14. The van der Waals surface area contributed by atoms with Gasteiger partial charge < -0.3 is 4.74 Å². The van der Waals surface area contributed by atoms with Gasteiger partial charge >= 0.3 is 0 Å². The van der Waals surface area contributed by atoms with Crippen LogP contribution in [-0.4, -0.2) is 23.9 Å². The number of thioether (sulfide) groups is 1. The summed E-state index contributed by atoms with van der Waals surface area (Å²) < 4.78 is 5.16. The van der Waals surface area contributed by atoms with Crippen LogP contribution in [0.1, 0.15) is 5.56 Å². The molecule has 1 heterocycles. The van der Waals surface area contributed by atoms with E-state index >= 15 is 0 Å². The molecule has 0 radical (unpaired) electrons. The van der Waals surface area contributed by atoms with Gasteiger partial charge in [-0.25, -0.2) is 4.99 Å². The lowest BCUT2D eigenvalue weighted by atomic mass is 10.2. The number of anilines is 1. The van der Waals surface area contributed by atoms with Crippen LogP contribution in [0.2, 0.25) is 0 Å². The molecule has 0 bridgehead atoms. The molecule has 1 aliphatic rings. The van der Waals surface area contributed by atoms with Crippen molar-refractivity contribution in [2.24, 2.45) is 4.99 Å². The fraction of sp³-hybridized carbons (Fsp3) is 0.100. The Hall–Kier alpha value is -2.79. The highest BCUT2D eigenvalue weighted by atomic mass is 32.2. The molecular formula is C20H18N2O2S. The van der Waals surface area contributed by atoms with Gasteiger partial charge in [0, 0.05) is 5.75 Å². The molecule has 0 unspecified atom stereocenters. The van der Waals surface area contributed by atoms with E-state index < -0.39 is 0 Å². The minimum Gasteiger partial charge on any atom is -0.497 e. The van der Waals surface area contributed by atoms with Crippen LogP contribution in [-0.2, 0) is 4.79 Å². The van der Waals surface area contributed by atoms with Crippen LogP contribution < -0.4 is 9.64 Å². The van der Waals surface area contributed by atoms with Crippen LogP contribution in [0.5, 0.6) is 5.75 Å². The van der Waals surface area contributed by atoms with Gasteiger partial charge in [-0.1, -0.05) is 48.2 Å². The molecule has 25 heavy (non-hydrogen) atoms. The van der Waals surface area contributed by atoms with Crippen molar-refractivity contribution < 1.29 is 9.53 Å². The van der Waals surface area contributed by atoms with Crippen molar-refractivity contribution in [3.63, 3.8) is 0 Å². The van der Waals surface area contributed by atoms with Gasteiger partial charge in [-0.05, 0) is 35.9 Å². The van der Waals surface area contributed by atoms with Crippen molar-refractivity contribution in [1.29, 1.82) is 0 Å². The first-order chi connectivity index (χ1) is 12.2. The molecule has 3 rings (SSSR count). The third kappa shape index (κ3) is 3.83. The number of hydrogen-bond acceptors (Lipinski definition) is 4. The summed E-state index contributed by atoms with van der Waals surface area (Å²) in [5, 5.41) is 0.663. The van der Waals surface area contributed by atoms with Gasteiger partial charge in [0.1, 0.15) is 11.4 Å². The number of nitrogens with zero attached hydrogens (tertiary/aromatic N) is 2. The Morgan fingerprint density at radius 3 is 2.52 bits per heavy atom. The Balaban J connectivity index is 1.94. The molecule has 1 amide bonds. The predicted octanol–water partition coefficient (Wildman–Crippen LogP) is 4.36. The van der Waals surface area contributed by atoms with Gasteiger partial charge in [-0.3, -0.25) is 9.69 Å². The Morgan fingerprint density at radius 2 is 1.88 bits per heavy atom. The quantitative estimate of drug-likeness (QED) is 0.594. The van der Waals surface area contributed by atoms with E-state index in [0.717, 1.165) is 17.0 Å². The summed E-state index contributed by atoms with van der Waals surface area (Å²) in [5.41, 5.74) is 2.12. The van der Waals surface area contributed by atoms with Gasteiger partial charge in [-0.2, -0.15) is 0 Å². The summed E-state index contributed by atoms with van der Waals surface area (Å²) in [7, 11) is 1.62. The highest BCUT2D eigenvalue weighted by Gasteiger charge is 2.31. The average molecular weight is 350 g/mol. The Morgan fingerprint density at radius 1 is 1.16 bits per heavy atom. The number of rotatable bonds is 5. The second-order valence-corrected chi connectivity index (χ2v) is 6.26. The number of hydrogen-bond donors (Lipinski definition) is 0. The minimum atomic E-state index is -0.131. The Labute approximate surface area is 151 Å². The van der Waals surface area contributed by atoms with Gasteiger partial charge in [0.15, 0.2) is 5.17 Å². The molecule has 2 aromatic carbocycles. The van der Waals surface area contributed by atoms with E-state index in [0.29, 0.717) is 16.6 Å². The number of benzene rings is 2. The minimum absolute atomic E-state index is 0.131. The van der Waals surface area contributed by atoms with Crippen LogP contribution in [0.25, 0.3) is 6.08 Å². The molecule has 0 spiro atoms. The summed E-state index contributed by atoms with van der Waals surface area (Å²) in [6, 6.07) is 17.1. The van der Waals surface area contributed by atoms with E-state index in [9.17, 15) is 4.79 Å². The van der Waals surface area contributed by atoms with Crippen LogP contribution in [0, 0.1) is 0 Å². The number of aliphatic imine (C=N–C) groups is 1. The summed E-state index contributed by atoms with van der Waals surface area (Å²) in [4.78, 5) is 19.1. The smallest absolute Gasteiger partial charge is 0.283 e. The fourth-order valence-corrected chi connectivity index (χ4v) is 3.14. The molecule has 0 saturated carbocycles. The van der Waals surface area contributed by atoms with Crippen molar-refractivity contribution in [2.45, 2.75) is 0 Å². The molecule has 0 saturated heterocycles. The molecule has 4 nitrogen and oxygen atoms in total. The van der Waals surface area contributed by atoms with E-state index in [1.165, 1.54) is 11.8 Å². The largest absolute Gasteiger partial charge is 0.497 e. The van der Waals surface area contributed by atoms with Crippen LogP contribution in [0.4, 0.5) is 5.69 Å². The van der Waals surface area contributed by atoms with Crippen molar-refractivity contribution in [1.82, 2.24) is 0 Å². The predicted molar refractivity (Wildman–Crippen MR) is 105 cm³/mol. The molecule has 0 N–H and O–H groups in total. The van der Waals surface area contributed by atoms with Gasteiger partial charge in [0.05, 0.1) is 12.8 Å². The van der Waals surface area contributed by atoms with Crippen molar-refractivity contribution in [3.05, 3.63) is 78.5 Å². The third-order valence-corrected chi connectivity index (χ3v) is 4.53. The lowest BCUT2D eigenvalue weighted by molar-refractivity contribution is -0.113. The van der Waals surface area contributed by atoms with Gasteiger partial charge in [0.25, 0.3) is 5.91 Å². The second-order valence-electron chi connectivity index (χ2n) is 5.27. The second kappa shape index (κ2) is 7.85. The topological polar surface area (TPSA) is 41.9 Å². The first-order valence-electron chi connectivity index (χ1n) is 7.80. The van der Waals surface area contributed by atoms with Crippen molar-refractivity contribution in [2.75, 3.05) is 17.8 Å². The molecule has 0 atom stereocenters. The molecule has 5 heteroatoms. The van der Waals surface area contributed by atoms with Crippen LogP contribution >= 0.6 is 11.8 Å². The maximum absolute atomic E-state index is 12.9. The zero-order chi connectivity index (χ0) is 17.6. The molecule has 2 aromatic rings. The number of amides is 1. The normalized spacial score (nSPS) is 15.4. The third-order valence-electron chi connectivity index (χ3n) is 3.59. The van der Waals surface area contributed by atoms with E-state index in [-0.39, 0.29) is 5.91 Å². The van der Waals surface area contributed by atoms with Gasteiger partial charge in [0.2, 0.25) is 0 Å². The molecule has 1 aliphatic heterocycles. The SMILES string of the molecule is C=CCSC1=NC(=Cc2ccc(OC)cc2)C(=O)N1c1ccccc1. The number of carbonyl (C=O) groups excluding carboxylic acids is 1. The summed E-state index contributed by atoms with van der Waals surface area (Å²) in [6.07, 6.45) is 3.59. The standard InChI is InChI=1S/C20H18N2O2S/c1-3-13-25-20-21-18(14-15-9-11-17(24-2)12-10-15)19(23)22(20)16-7-5-4-6-8-16/h3-12,14H,1,13H2,2H3. The molecule has 0 fully saturated rings. The summed E-state index contributed by atoms with van der Waals surface area (Å²) in [6.45, 7) is 3.74. The number of methoxy groups -OCH3 is 1. The maximum atomic E-state index is 12.9. The maximum Gasteiger partial charge on any atom is 0.283 e. The average Bonchev–Trinajstić information content (AvgIpc) is 2.96. The zero-order valence-electron chi connectivity index (χ0n) is 13.9. The molecule has 0 aromatic heterocycles. The number of amidine groups is 1. The monoisotopic (exact) mass is 350 g/mol. The van der Waals surface area contributed by atoms with E-state index in [1.807, 2.05) is 54.6 Å². The summed E-state index contributed by atoms with van der Waals surface area (Å²) in [5.74, 6) is 1.33. The first-order valence-corrected chi connectivity index (χ1v) is 8.79. The molecule has 126 valence electrons. The van der Waals surface area contributed by atoms with Crippen LogP contribution in [0.15, 0.2) is 77.9 Å². The highest BCUT2D eigenvalue weighted by Crippen LogP contribution is 2.29. The van der Waals surface area contributed by atoms with Crippen molar-refractivity contribution in [3.8, 4) is 5.75 Å². The van der Waals surface area contributed by atoms with Crippen molar-refractivity contribution >= 4 is 34.6 Å². The first kappa shape index (κ1) is 17.0. The lowest BCUT2D eigenvalue weighted by Crippen LogP contribution is -2.30. The van der Waals surface area contributed by atoms with E-state index in [4.69, 9.17) is 4.74 Å². The lowest BCUT2D eigenvalue weighted by Gasteiger charge is -2.17. The van der Waals surface area contributed by atoms with Crippen LogP contribution in [0.3, 0.4) is 0 Å². The number of ether oxygens (including phenoxy) is 1. The van der Waals surface area contributed by atoms with Gasteiger partial charge in [-0.15, -0.1) is 6.58 Å². The number of carbonyl (C=O) groups is 1. The Kier molecular flexibility index (Phi) is 5.36. The van der Waals surface area contributed by atoms with E-state index in [1.54, 1.807) is 24.2 Å². The molecular weight excluding hydrogens is 332 g/mol. The zero-order valence-corrected chi connectivity index (χ0v) is 14.7. The fourth-order valence-electron chi connectivity index (χ4n) is 2.39. The van der Waals surface area contributed by atoms with E-state index in [2.05, 4.69) is 11.6 Å². The Bertz CT molecular complexity index is 827.